The van der Waals surface area contributed by atoms with Crippen molar-refractivity contribution in [1.82, 2.24) is 19.8 Å². The Bertz CT molecular complexity index is 716. The van der Waals surface area contributed by atoms with Crippen molar-refractivity contribution < 1.29 is 14.6 Å². The number of carbonyl (C=O) groups excluding carboxylic acids is 1. The highest BCUT2D eigenvalue weighted by atomic mass is 16.5. The van der Waals surface area contributed by atoms with Crippen LogP contribution in [0.15, 0.2) is 30.5 Å². The number of nitrogens with zero attached hydrogens (tertiary/aromatic N) is 4. The molecule has 1 aromatic heterocycles. The summed E-state index contributed by atoms with van der Waals surface area (Å²) in [4.78, 5) is 25.3. The van der Waals surface area contributed by atoms with Crippen LogP contribution in [-0.4, -0.2) is 82.8 Å². The minimum Gasteiger partial charge on any atom is -0.389 e. The Morgan fingerprint density at radius 1 is 1.24 bits per heavy atom. The Morgan fingerprint density at radius 3 is 2.68 bits per heavy atom. The SMILES string of the molecule is CCOCC(O)CN1CCN(C(=O)c2cnc3ccccc3n2)CC1. The van der Waals surface area contributed by atoms with E-state index in [4.69, 9.17) is 4.74 Å². The third-order valence-electron chi connectivity index (χ3n) is 4.31. The Balaban J connectivity index is 1.55. The Morgan fingerprint density at radius 2 is 1.96 bits per heavy atom. The number of carbonyl (C=O) groups is 1. The normalized spacial score (nSPS) is 17.0. The molecule has 0 radical (unpaired) electrons. The molecule has 7 heteroatoms. The first-order valence-corrected chi connectivity index (χ1v) is 8.66. The van der Waals surface area contributed by atoms with Crippen LogP contribution < -0.4 is 0 Å². The highest BCUT2D eigenvalue weighted by Gasteiger charge is 2.24. The Hall–Kier alpha value is -2.09. The summed E-state index contributed by atoms with van der Waals surface area (Å²) in [6, 6.07) is 7.52. The molecule has 0 saturated carbocycles. The van der Waals surface area contributed by atoms with Crippen molar-refractivity contribution in [3.8, 4) is 0 Å². The largest absolute Gasteiger partial charge is 0.389 e. The van der Waals surface area contributed by atoms with E-state index < -0.39 is 6.10 Å². The lowest BCUT2D eigenvalue weighted by atomic mass is 10.2. The lowest BCUT2D eigenvalue weighted by Crippen LogP contribution is -2.51. The van der Waals surface area contributed by atoms with Crippen LogP contribution in [-0.2, 0) is 4.74 Å². The van der Waals surface area contributed by atoms with E-state index in [9.17, 15) is 9.90 Å². The van der Waals surface area contributed by atoms with E-state index in [0.29, 0.717) is 38.5 Å². The van der Waals surface area contributed by atoms with Crippen LogP contribution in [0.5, 0.6) is 0 Å². The number of rotatable bonds is 6. The zero-order chi connectivity index (χ0) is 17.6. The van der Waals surface area contributed by atoms with Gasteiger partial charge < -0.3 is 14.7 Å². The number of ether oxygens (including phenoxy) is 1. The van der Waals surface area contributed by atoms with E-state index in [2.05, 4.69) is 14.9 Å². The van der Waals surface area contributed by atoms with Crippen LogP contribution >= 0.6 is 0 Å². The average molecular weight is 344 g/mol. The van der Waals surface area contributed by atoms with Crippen molar-refractivity contribution in [2.24, 2.45) is 0 Å². The summed E-state index contributed by atoms with van der Waals surface area (Å²) < 4.78 is 5.23. The second-order valence-electron chi connectivity index (χ2n) is 6.15. The van der Waals surface area contributed by atoms with Gasteiger partial charge in [0, 0.05) is 39.3 Å². The number of piperazine rings is 1. The molecule has 1 aliphatic rings. The van der Waals surface area contributed by atoms with Gasteiger partial charge in [0.15, 0.2) is 0 Å². The molecular weight excluding hydrogens is 320 g/mol. The first-order valence-electron chi connectivity index (χ1n) is 8.66. The molecule has 3 rings (SSSR count). The number of hydrogen-bond donors (Lipinski definition) is 1. The van der Waals surface area contributed by atoms with Gasteiger partial charge in [0.2, 0.25) is 0 Å². The Labute approximate surface area is 147 Å². The zero-order valence-corrected chi connectivity index (χ0v) is 14.5. The standard InChI is InChI=1S/C18H24N4O3/c1-2-25-13-14(23)12-21-7-9-22(10-8-21)18(24)17-11-19-15-5-3-4-6-16(15)20-17/h3-6,11,14,23H,2,7-10,12-13H2,1H3. The number of aromatic nitrogens is 2. The summed E-state index contributed by atoms with van der Waals surface area (Å²) in [5.74, 6) is -0.0900. The molecule has 134 valence electrons. The summed E-state index contributed by atoms with van der Waals surface area (Å²) >= 11 is 0. The van der Waals surface area contributed by atoms with Gasteiger partial charge in [-0.1, -0.05) is 12.1 Å². The molecule has 1 N–H and O–H groups in total. The van der Waals surface area contributed by atoms with E-state index >= 15 is 0 Å². The molecular formula is C18H24N4O3. The quantitative estimate of drug-likeness (QED) is 0.834. The number of aliphatic hydroxyl groups is 1. The fraction of sp³-hybridized carbons (Fsp3) is 0.500. The van der Waals surface area contributed by atoms with Gasteiger partial charge in [0.05, 0.1) is 29.9 Å². The second kappa shape index (κ2) is 8.33. The number of benzene rings is 1. The van der Waals surface area contributed by atoms with Crippen LogP contribution in [0.25, 0.3) is 11.0 Å². The minimum atomic E-state index is -0.492. The highest BCUT2D eigenvalue weighted by Crippen LogP contribution is 2.12. The van der Waals surface area contributed by atoms with E-state index in [0.717, 1.165) is 24.1 Å². The molecule has 1 unspecified atom stereocenters. The maximum absolute atomic E-state index is 12.6. The van der Waals surface area contributed by atoms with Crippen molar-refractivity contribution in [3.63, 3.8) is 0 Å². The molecule has 0 aliphatic carbocycles. The minimum absolute atomic E-state index is 0.0900. The molecule has 1 atom stereocenters. The van der Waals surface area contributed by atoms with Gasteiger partial charge in [-0.25, -0.2) is 4.98 Å². The molecule has 2 aromatic rings. The van der Waals surface area contributed by atoms with Crippen molar-refractivity contribution in [2.45, 2.75) is 13.0 Å². The van der Waals surface area contributed by atoms with Gasteiger partial charge in [0.1, 0.15) is 5.69 Å². The molecule has 1 saturated heterocycles. The summed E-state index contributed by atoms with van der Waals surface area (Å²) in [7, 11) is 0. The van der Waals surface area contributed by atoms with E-state index in [1.807, 2.05) is 31.2 Å². The van der Waals surface area contributed by atoms with Crippen molar-refractivity contribution in [3.05, 3.63) is 36.2 Å². The number of amides is 1. The van der Waals surface area contributed by atoms with Gasteiger partial charge in [-0.05, 0) is 19.1 Å². The summed E-state index contributed by atoms with van der Waals surface area (Å²) in [6.07, 6.45) is 1.05. The third-order valence-corrected chi connectivity index (χ3v) is 4.31. The maximum atomic E-state index is 12.6. The summed E-state index contributed by atoms with van der Waals surface area (Å²) in [6.45, 7) is 6.13. The van der Waals surface area contributed by atoms with Crippen LogP contribution in [0.4, 0.5) is 0 Å². The van der Waals surface area contributed by atoms with Gasteiger partial charge in [-0.3, -0.25) is 14.7 Å². The molecule has 1 fully saturated rings. The van der Waals surface area contributed by atoms with Crippen LogP contribution in [0.3, 0.4) is 0 Å². The topological polar surface area (TPSA) is 78.8 Å². The van der Waals surface area contributed by atoms with Gasteiger partial charge >= 0.3 is 0 Å². The number of aliphatic hydroxyl groups excluding tert-OH is 1. The van der Waals surface area contributed by atoms with Gasteiger partial charge in [-0.15, -0.1) is 0 Å². The highest BCUT2D eigenvalue weighted by molar-refractivity contribution is 5.93. The van der Waals surface area contributed by atoms with E-state index in [1.54, 1.807) is 11.1 Å². The molecule has 7 nitrogen and oxygen atoms in total. The molecule has 1 aliphatic heterocycles. The van der Waals surface area contributed by atoms with Gasteiger partial charge in [-0.2, -0.15) is 0 Å². The van der Waals surface area contributed by atoms with E-state index in [1.165, 1.54) is 0 Å². The first kappa shape index (κ1) is 17.7. The number of hydrogen-bond acceptors (Lipinski definition) is 6. The number of β-amino-alcohol motifs (C(OH)–C–C–N with tert-alkyl or cyclic N) is 1. The van der Waals surface area contributed by atoms with Crippen LogP contribution in [0.1, 0.15) is 17.4 Å². The second-order valence-corrected chi connectivity index (χ2v) is 6.15. The van der Waals surface area contributed by atoms with Crippen molar-refractivity contribution in [2.75, 3.05) is 45.9 Å². The summed E-state index contributed by atoms with van der Waals surface area (Å²) in [5, 5.41) is 9.92. The zero-order valence-electron chi connectivity index (χ0n) is 14.5. The molecule has 1 amide bonds. The lowest BCUT2D eigenvalue weighted by molar-refractivity contribution is 0.0110. The van der Waals surface area contributed by atoms with Gasteiger partial charge in [0.25, 0.3) is 5.91 Å². The van der Waals surface area contributed by atoms with Crippen molar-refractivity contribution >= 4 is 16.9 Å². The fourth-order valence-corrected chi connectivity index (χ4v) is 2.96. The predicted molar refractivity (Wildman–Crippen MR) is 94.4 cm³/mol. The summed E-state index contributed by atoms with van der Waals surface area (Å²) in [5.41, 5.74) is 1.89. The number of para-hydroxylation sites is 2. The average Bonchev–Trinajstić information content (AvgIpc) is 2.66. The third kappa shape index (κ3) is 4.50. The fourth-order valence-electron chi connectivity index (χ4n) is 2.96. The van der Waals surface area contributed by atoms with Crippen LogP contribution in [0.2, 0.25) is 0 Å². The van der Waals surface area contributed by atoms with Crippen LogP contribution in [0, 0.1) is 0 Å². The lowest BCUT2D eigenvalue weighted by Gasteiger charge is -2.35. The Kier molecular flexibility index (Phi) is 5.91. The molecule has 0 spiro atoms. The maximum Gasteiger partial charge on any atom is 0.274 e. The van der Waals surface area contributed by atoms with Crippen molar-refractivity contribution in [1.29, 1.82) is 0 Å². The monoisotopic (exact) mass is 344 g/mol. The molecule has 0 bridgehead atoms. The molecule has 1 aromatic carbocycles. The predicted octanol–water partition coefficient (Wildman–Crippen LogP) is 0.785. The molecule has 25 heavy (non-hydrogen) atoms. The smallest absolute Gasteiger partial charge is 0.274 e. The molecule has 2 heterocycles. The first-order chi connectivity index (χ1) is 12.2. The number of fused-ring (bicyclic) bond motifs is 1. The van der Waals surface area contributed by atoms with E-state index in [-0.39, 0.29) is 5.91 Å².